The first-order chi connectivity index (χ1) is 8.65. The van der Waals surface area contributed by atoms with Gasteiger partial charge in [-0.3, -0.25) is 14.9 Å². The first kappa shape index (κ1) is 14.1. The number of hydrogen-bond acceptors (Lipinski definition) is 5. The van der Waals surface area contributed by atoms with Crippen LogP contribution in [0.2, 0.25) is 0 Å². The maximum Gasteiger partial charge on any atom is 0.287 e. The number of H-pyrrole nitrogens is 1. The minimum absolute atomic E-state index is 0.0293. The van der Waals surface area contributed by atoms with Crippen LogP contribution in [0.4, 0.5) is 5.69 Å². The standard InChI is InChI=1S/C10H15N3O5/c14-3-5-18-4-1-2-11-10(15)9-6-8(7-12-9)13(16)17/h6-7,12,14H,1-5H2,(H,11,15). The molecule has 0 aliphatic heterocycles. The molecule has 18 heavy (non-hydrogen) atoms. The van der Waals surface area contributed by atoms with Crippen molar-refractivity contribution in [3.05, 3.63) is 28.1 Å². The zero-order chi connectivity index (χ0) is 13.4. The molecule has 8 heteroatoms. The minimum atomic E-state index is -0.573. The highest BCUT2D eigenvalue weighted by molar-refractivity contribution is 5.93. The van der Waals surface area contributed by atoms with Crippen molar-refractivity contribution in [1.29, 1.82) is 0 Å². The maximum atomic E-state index is 11.5. The van der Waals surface area contributed by atoms with Gasteiger partial charge in [0, 0.05) is 19.2 Å². The molecule has 0 aliphatic rings. The second kappa shape index (κ2) is 7.41. The molecule has 0 unspecified atom stereocenters. The highest BCUT2D eigenvalue weighted by atomic mass is 16.6. The van der Waals surface area contributed by atoms with Crippen molar-refractivity contribution >= 4 is 11.6 Å². The maximum absolute atomic E-state index is 11.5. The van der Waals surface area contributed by atoms with E-state index in [0.29, 0.717) is 19.6 Å². The van der Waals surface area contributed by atoms with Crippen LogP contribution in [-0.2, 0) is 4.74 Å². The quantitative estimate of drug-likeness (QED) is 0.345. The number of aliphatic hydroxyl groups is 1. The molecule has 0 fully saturated rings. The fourth-order valence-corrected chi connectivity index (χ4v) is 1.26. The molecular weight excluding hydrogens is 242 g/mol. The SMILES string of the molecule is O=C(NCCCOCCO)c1cc([N+](=O)[O-])c[nH]1. The van der Waals surface area contributed by atoms with E-state index in [-0.39, 0.29) is 24.6 Å². The lowest BCUT2D eigenvalue weighted by atomic mass is 10.3. The Morgan fingerprint density at radius 2 is 2.33 bits per heavy atom. The predicted octanol–water partition coefficient (Wildman–Crippen LogP) is 0.0517. The fourth-order valence-electron chi connectivity index (χ4n) is 1.26. The molecule has 0 atom stereocenters. The lowest BCUT2D eigenvalue weighted by Crippen LogP contribution is -2.25. The zero-order valence-corrected chi connectivity index (χ0v) is 9.72. The van der Waals surface area contributed by atoms with Gasteiger partial charge in [-0.25, -0.2) is 0 Å². The second-order valence-electron chi connectivity index (χ2n) is 3.47. The Morgan fingerprint density at radius 1 is 1.56 bits per heavy atom. The molecule has 0 spiro atoms. The Bertz CT molecular complexity index is 404. The molecule has 3 N–H and O–H groups in total. The summed E-state index contributed by atoms with van der Waals surface area (Å²) >= 11 is 0. The van der Waals surface area contributed by atoms with Gasteiger partial charge in [0.25, 0.3) is 11.6 Å². The van der Waals surface area contributed by atoms with Gasteiger partial charge in [0.15, 0.2) is 0 Å². The van der Waals surface area contributed by atoms with Gasteiger partial charge in [-0.15, -0.1) is 0 Å². The molecule has 0 bridgehead atoms. The van der Waals surface area contributed by atoms with E-state index < -0.39 is 10.8 Å². The summed E-state index contributed by atoms with van der Waals surface area (Å²) in [4.78, 5) is 23.9. The number of nitrogens with zero attached hydrogens (tertiary/aromatic N) is 1. The highest BCUT2D eigenvalue weighted by Gasteiger charge is 2.13. The second-order valence-corrected chi connectivity index (χ2v) is 3.47. The number of aliphatic hydroxyl groups excluding tert-OH is 1. The largest absolute Gasteiger partial charge is 0.394 e. The first-order valence-corrected chi connectivity index (χ1v) is 5.44. The molecule has 0 saturated carbocycles. The highest BCUT2D eigenvalue weighted by Crippen LogP contribution is 2.11. The number of rotatable bonds is 8. The third-order valence-electron chi connectivity index (χ3n) is 2.11. The molecular formula is C10H15N3O5. The predicted molar refractivity (Wildman–Crippen MR) is 62.3 cm³/mol. The van der Waals surface area contributed by atoms with Gasteiger partial charge in [-0.2, -0.15) is 0 Å². The Balaban J connectivity index is 2.25. The normalized spacial score (nSPS) is 10.3. The number of aromatic amines is 1. The summed E-state index contributed by atoms with van der Waals surface area (Å²) in [7, 11) is 0. The van der Waals surface area contributed by atoms with Crippen LogP contribution >= 0.6 is 0 Å². The van der Waals surface area contributed by atoms with Gasteiger partial charge in [-0.05, 0) is 6.42 Å². The topological polar surface area (TPSA) is 117 Å². The lowest BCUT2D eigenvalue weighted by molar-refractivity contribution is -0.384. The summed E-state index contributed by atoms with van der Waals surface area (Å²) in [5.41, 5.74) is 0.00408. The molecule has 0 aliphatic carbocycles. The van der Waals surface area contributed by atoms with Crippen molar-refractivity contribution in [3.8, 4) is 0 Å². The van der Waals surface area contributed by atoms with E-state index in [4.69, 9.17) is 9.84 Å². The fraction of sp³-hybridized carbons (Fsp3) is 0.500. The Hall–Kier alpha value is -1.93. The van der Waals surface area contributed by atoms with Gasteiger partial charge < -0.3 is 20.1 Å². The van der Waals surface area contributed by atoms with Crippen LogP contribution in [-0.4, -0.2) is 47.3 Å². The Kier molecular flexibility index (Phi) is 5.81. The molecule has 1 heterocycles. The van der Waals surface area contributed by atoms with E-state index >= 15 is 0 Å². The zero-order valence-electron chi connectivity index (χ0n) is 9.72. The molecule has 100 valence electrons. The monoisotopic (exact) mass is 257 g/mol. The number of amides is 1. The van der Waals surface area contributed by atoms with Crippen LogP contribution in [0, 0.1) is 10.1 Å². The van der Waals surface area contributed by atoms with Gasteiger partial charge in [-0.1, -0.05) is 0 Å². The third kappa shape index (κ3) is 4.52. The summed E-state index contributed by atoms with van der Waals surface area (Å²) in [6.07, 6.45) is 1.77. The van der Waals surface area contributed by atoms with E-state index in [1.165, 1.54) is 12.3 Å². The van der Waals surface area contributed by atoms with Crippen molar-refractivity contribution in [2.75, 3.05) is 26.4 Å². The number of aromatic nitrogens is 1. The summed E-state index contributed by atoms with van der Waals surface area (Å²) in [5, 5.41) is 21.5. The lowest BCUT2D eigenvalue weighted by Gasteiger charge is -2.04. The van der Waals surface area contributed by atoms with Crippen molar-refractivity contribution in [1.82, 2.24) is 10.3 Å². The van der Waals surface area contributed by atoms with Crippen molar-refractivity contribution in [2.45, 2.75) is 6.42 Å². The number of nitrogens with one attached hydrogen (secondary N) is 2. The van der Waals surface area contributed by atoms with Gasteiger partial charge in [0.05, 0.1) is 24.3 Å². The Labute approximate surface area is 103 Å². The van der Waals surface area contributed by atoms with Gasteiger partial charge >= 0.3 is 0 Å². The van der Waals surface area contributed by atoms with Crippen LogP contribution < -0.4 is 5.32 Å². The molecule has 0 radical (unpaired) electrons. The number of carbonyl (C=O) groups is 1. The number of hydrogen-bond donors (Lipinski definition) is 3. The van der Waals surface area contributed by atoms with Crippen molar-refractivity contribution < 1.29 is 19.6 Å². The van der Waals surface area contributed by atoms with Crippen molar-refractivity contribution in [3.63, 3.8) is 0 Å². The molecule has 8 nitrogen and oxygen atoms in total. The molecule has 1 amide bonds. The molecule has 0 saturated heterocycles. The van der Waals surface area contributed by atoms with Crippen LogP contribution in [0.1, 0.15) is 16.9 Å². The molecule has 0 aromatic carbocycles. The minimum Gasteiger partial charge on any atom is -0.394 e. The van der Waals surface area contributed by atoms with Crippen LogP contribution in [0.15, 0.2) is 12.3 Å². The summed E-state index contributed by atoms with van der Waals surface area (Å²) < 4.78 is 5.01. The number of carbonyl (C=O) groups excluding carboxylic acids is 1. The number of nitro groups is 1. The van der Waals surface area contributed by atoms with Crippen LogP contribution in [0.25, 0.3) is 0 Å². The average Bonchev–Trinajstić information content (AvgIpc) is 2.83. The van der Waals surface area contributed by atoms with Crippen LogP contribution in [0.5, 0.6) is 0 Å². The van der Waals surface area contributed by atoms with Gasteiger partial charge in [0.2, 0.25) is 0 Å². The molecule has 1 aromatic heterocycles. The summed E-state index contributed by atoms with van der Waals surface area (Å²) in [6.45, 7) is 1.08. The van der Waals surface area contributed by atoms with Crippen LogP contribution in [0.3, 0.4) is 0 Å². The smallest absolute Gasteiger partial charge is 0.287 e. The van der Waals surface area contributed by atoms with E-state index in [1.54, 1.807) is 0 Å². The Morgan fingerprint density at radius 3 is 2.94 bits per heavy atom. The van der Waals surface area contributed by atoms with E-state index in [0.717, 1.165) is 0 Å². The third-order valence-corrected chi connectivity index (χ3v) is 2.11. The summed E-state index contributed by atoms with van der Waals surface area (Å²) in [5.74, 6) is -0.398. The molecule has 1 rings (SSSR count). The number of ether oxygens (including phenoxy) is 1. The molecule has 1 aromatic rings. The van der Waals surface area contributed by atoms with E-state index in [9.17, 15) is 14.9 Å². The van der Waals surface area contributed by atoms with Crippen molar-refractivity contribution in [2.24, 2.45) is 0 Å². The van der Waals surface area contributed by atoms with E-state index in [2.05, 4.69) is 10.3 Å². The first-order valence-electron chi connectivity index (χ1n) is 5.44. The summed E-state index contributed by atoms with van der Waals surface area (Å²) in [6, 6.07) is 1.18. The average molecular weight is 257 g/mol. The van der Waals surface area contributed by atoms with E-state index in [1.807, 2.05) is 0 Å². The van der Waals surface area contributed by atoms with Gasteiger partial charge in [0.1, 0.15) is 5.69 Å².